The van der Waals surface area contributed by atoms with E-state index in [-0.39, 0.29) is 11.8 Å². The first kappa shape index (κ1) is 21.9. The number of hydrogen-bond donors (Lipinski definition) is 1. The van der Waals surface area contributed by atoms with E-state index in [1.807, 2.05) is 24.3 Å². The van der Waals surface area contributed by atoms with Crippen LogP contribution in [0.2, 0.25) is 0 Å². The summed E-state index contributed by atoms with van der Waals surface area (Å²) in [5, 5.41) is 4.22. The molecule has 1 saturated carbocycles. The van der Waals surface area contributed by atoms with Crippen molar-refractivity contribution in [3.63, 3.8) is 0 Å². The predicted octanol–water partition coefficient (Wildman–Crippen LogP) is 4.27. The maximum atomic E-state index is 12.6. The summed E-state index contributed by atoms with van der Waals surface area (Å²) in [6.07, 6.45) is 3.82. The van der Waals surface area contributed by atoms with Crippen molar-refractivity contribution in [2.45, 2.75) is 31.6 Å². The molecular formula is C26H30N4O2S. The summed E-state index contributed by atoms with van der Waals surface area (Å²) in [6.45, 7) is 2.71. The molecule has 2 aromatic carbocycles. The maximum absolute atomic E-state index is 12.6. The molecule has 7 heteroatoms. The molecule has 2 fully saturated rings. The first-order chi connectivity index (χ1) is 16.2. The van der Waals surface area contributed by atoms with Crippen LogP contribution in [0.4, 0.5) is 5.13 Å². The third-order valence-electron chi connectivity index (χ3n) is 6.76. The molecule has 33 heavy (non-hydrogen) atoms. The zero-order chi connectivity index (χ0) is 22.6. The third-order valence-corrected chi connectivity index (χ3v) is 7.57. The van der Waals surface area contributed by atoms with Crippen molar-refractivity contribution < 1.29 is 9.53 Å². The van der Waals surface area contributed by atoms with E-state index in [0.29, 0.717) is 18.3 Å². The van der Waals surface area contributed by atoms with Gasteiger partial charge < -0.3 is 15.0 Å². The highest BCUT2D eigenvalue weighted by molar-refractivity contribution is 7.09. The molecule has 1 amide bonds. The van der Waals surface area contributed by atoms with Crippen LogP contribution in [0.15, 0.2) is 54.6 Å². The van der Waals surface area contributed by atoms with E-state index in [1.54, 1.807) is 7.11 Å². The molecular weight excluding hydrogens is 432 g/mol. The van der Waals surface area contributed by atoms with E-state index < -0.39 is 0 Å². The van der Waals surface area contributed by atoms with Gasteiger partial charge in [0.15, 0.2) is 0 Å². The predicted molar refractivity (Wildman–Crippen MR) is 131 cm³/mol. The van der Waals surface area contributed by atoms with Crippen molar-refractivity contribution in [3.05, 3.63) is 71.5 Å². The maximum Gasteiger partial charge on any atom is 0.223 e. The normalized spacial score (nSPS) is 20.5. The summed E-state index contributed by atoms with van der Waals surface area (Å²) in [5.41, 5.74) is 2.44. The number of nitrogens with one attached hydrogen (secondary N) is 1. The molecule has 1 aliphatic heterocycles. The number of piperidine rings is 1. The SMILES string of the molecule is COc1cccc(Cc2nsc(N3CCC(CNC(=O)C4CC4c4ccccc4)CC3)n2)c1. The second-order valence-electron chi connectivity index (χ2n) is 9.06. The number of carbonyl (C=O) groups is 1. The van der Waals surface area contributed by atoms with Crippen LogP contribution in [0, 0.1) is 11.8 Å². The van der Waals surface area contributed by atoms with Gasteiger partial charge in [0.05, 0.1) is 7.11 Å². The fraction of sp³-hybridized carbons (Fsp3) is 0.423. The van der Waals surface area contributed by atoms with Crippen LogP contribution in [0.1, 0.15) is 42.1 Å². The van der Waals surface area contributed by atoms with Gasteiger partial charge in [0.2, 0.25) is 11.0 Å². The van der Waals surface area contributed by atoms with Crippen molar-refractivity contribution in [2.24, 2.45) is 11.8 Å². The standard InChI is InChI=1S/C26H30N4O2S/c1-32-21-9-5-6-19(14-21)15-24-28-26(33-29-24)30-12-10-18(11-13-30)17-27-25(31)23-16-22(23)20-7-3-2-4-8-20/h2-9,14,18,22-23H,10-13,15-17H2,1H3,(H,27,31). The van der Waals surface area contributed by atoms with Gasteiger partial charge in [-0.1, -0.05) is 42.5 Å². The van der Waals surface area contributed by atoms with E-state index >= 15 is 0 Å². The number of rotatable bonds is 8. The molecule has 1 N–H and O–H groups in total. The Bertz CT molecular complexity index is 1080. The molecule has 1 aromatic heterocycles. The molecule has 0 spiro atoms. The van der Waals surface area contributed by atoms with Gasteiger partial charge in [-0.25, -0.2) is 4.98 Å². The molecule has 2 atom stereocenters. The zero-order valence-corrected chi connectivity index (χ0v) is 19.8. The van der Waals surface area contributed by atoms with Crippen LogP contribution >= 0.6 is 11.5 Å². The Balaban J connectivity index is 1.06. The van der Waals surface area contributed by atoms with E-state index in [2.05, 4.69) is 44.9 Å². The first-order valence-corrected chi connectivity index (χ1v) is 12.5. The average Bonchev–Trinajstić information content (AvgIpc) is 3.55. The highest BCUT2D eigenvalue weighted by atomic mass is 32.1. The highest BCUT2D eigenvalue weighted by Crippen LogP contribution is 2.47. The molecule has 6 nitrogen and oxygen atoms in total. The summed E-state index contributed by atoms with van der Waals surface area (Å²) < 4.78 is 9.88. The average molecular weight is 463 g/mol. The minimum absolute atomic E-state index is 0.150. The number of anilines is 1. The van der Waals surface area contributed by atoms with Crippen molar-refractivity contribution in [1.82, 2.24) is 14.7 Å². The Morgan fingerprint density at radius 3 is 2.76 bits per heavy atom. The Kier molecular flexibility index (Phi) is 6.58. The van der Waals surface area contributed by atoms with Gasteiger partial charge in [0.25, 0.3) is 0 Å². The molecule has 172 valence electrons. The topological polar surface area (TPSA) is 67.3 Å². The van der Waals surface area contributed by atoms with E-state index in [1.165, 1.54) is 17.1 Å². The van der Waals surface area contributed by atoms with Crippen molar-refractivity contribution >= 4 is 22.6 Å². The van der Waals surface area contributed by atoms with E-state index in [4.69, 9.17) is 9.72 Å². The van der Waals surface area contributed by atoms with E-state index in [9.17, 15) is 4.79 Å². The van der Waals surface area contributed by atoms with Crippen LogP contribution in [-0.4, -0.2) is 42.0 Å². The Hall–Kier alpha value is -2.93. The van der Waals surface area contributed by atoms with Gasteiger partial charge in [-0.15, -0.1) is 0 Å². The van der Waals surface area contributed by atoms with Gasteiger partial charge in [-0.05, 0) is 54.4 Å². The third kappa shape index (κ3) is 5.36. The summed E-state index contributed by atoms with van der Waals surface area (Å²) >= 11 is 1.48. The fourth-order valence-electron chi connectivity index (χ4n) is 4.67. The molecule has 0 radical (unpaired) electrons. The number of carbonyl (C=O) groups excluding carboxylic acids is 1. The molecule has 5 rings (SSSR count). The number of ether oxygens (including phenoxy) is 1. The summed E-state index contributed by atoms with van der Waals surface area (Å²) in [6, 6.07) is 18.4. The van der Waals surface area contributed by atoms with Gasteiger partial charge in [0, 0.05) is 43.5 Å². The number of amides is 1. The van der Waals surface area contributed by atoms with Crippen molar-refractivity contribution in [2.75, 3.05) is 31.6 Å². The molecule has 3 aromatic rings. The molecule has 1 aliphatic carbocycles. The number of aromatic nitrogens is 2. The lowest BCUT2D eigenvalue weighted by Gasteiger charge is -2.31. The monoisotopic (exact) mass is 462 g/mol. The number of nitrogens with zero attached hydrogens (tertiary/aromatic N) is 3. The molecule has 2 heterocycles. The first-order valence-electron chi connectivity index (χ1n) is 11.7. The minimum Gasteiger partial charge on any atom is -0.497 e. The molecule has 2 aliphatic rings. The van der Waals surface area contributed by atoms with Gasteiger partial charge >= 0.3 is 0 Å². The Labute approximate surface area is 199 Å². The van der Waals surface area contributed by atoms with Crippen LogP contribution in [-0.2, 0) is 11.2 Å². The van der Waals surface area contributed by atoms with Crippen LogP contribution in [0.25, 0.3) is 0 Å². The van der Waals surface area contributed by atoms with Crippen molar-refractivity contribution in [3.8, 4) is 5.75 Å². The lowest BCUT2D eigenvalue weighted by atomic mass is 9.97. The summed E-state index contributed by atoms with van der Waals surface area (Å²) in [7, 11) is 1.68. The lowest BCUT2D eigenvalue weighted by Crippen LogP contribution is -2.39. The smallest absolute Gasteiger partial charge is 0.223 e. The molecule has 0 bridgehead atoms. The van der Waals surface area contributed by atoms with Gasteiger partial charge in [0.1, 0.15) is 11.6 Å². The minimum atomic E-state index is 0.150. The highest BCUT2D eigenvalue weighted by Gasteiger charge is 2.43. The van der Waals surface area contributed by atoms with Gasteiger partial charge in [-0.3, -0.25) is 4.79 Å². The number of methoxy groups -OCH3 is 1. The van der Waals surface area contributed by atoms with Crippen LogP contribution in [0.5, 0.6) is 5.75 Å². The Morgan fingerprint density at radius 1 is 1.15 bits per heavy atom. The molecule has 1 saturated heterocycles. The van der Waals surface area contributed by atoms with E-state index in [0.717, 1.165) is 61.2 Å². The zero-order valence-electron chi connectivity index (χ0n) is 18.9. The largest absolute Gasteiger partial charge is 0.497 e. The fourth-order valence-corrected chi connectivity index (χ4v) is 5.40. The van der Waals surface area contributed by atoms with Crippen molar-refractivity contribution in [1.29, 1.82) is 0 Å². The van der Waals surface area contributed by atoms with Gasteiger partial charge in [-0.2, -0.15) is 4.37 Å². The quantitative estimate of drug-likeness (QED) is 0.541. The van der Waals surface area contributed by atoms with Crippen LogP contribution in [0.3, 0.4) is 0 Å². The Morgan fingerprint density at radius 2 is 1.97 bits per heavy atom. The second-order valence-corrected chi connectivity index (χ2v) is 9.79. The number of hydrogen-bond acceptors (Lipinski definition) is 6. The van der Waals surface area contributed by atoms with Crippen LogP contribution < -0.4 is 15.0 Å². The summed E-state index contributed by atoms with van der Waals surface area (Å²) in [5.74, 6) is 3.01. The summed E-state index contributed by atoms with van der Waals surface area (Å²) in [4.78, 5) is 19.7. The second kappa shape index (κ2) is 9.91. The lowest BCUT2D eigenvalue weighted by molar-refractivity contribution is -0.122. The molecule has 2 unspecified atom stereocenters. The number of benzene rings is 2.